The van der Waals surface area contributed by atoms with Crippen LogP contribution >= 0.6 is 11.3 Å². The van der Waals surface area contributed by atoms with Gasteiger partial charge in [0.25, 0.3) is 0 Å². The Hall–Kier alpha value is -1.09. The number of aromatic nitrogens is 1. The highest BCUT2D eigenvalue weighted by Crippen LogP contribution is 2.11. The Morgan fingerprint density at radius 1 is 1.07 bits per heavy atom. The molecule has 2 nitrogen and oxygen atoms in total. The highest BCUT2D eigenvalue weighted by molar-refractivity contribution is 7.16. The summed E-state index contributed by atoms with van der Waals surface area (Å²) < 4.78 is 1.02. The van der Waals surface area contributed by atoms with Crippen molar-refractivity contribution in [1.82, 2.24) is 4.98 Å². The SMILES string of the molecule is CC.CC.O=c1[nH]c2ccccc2s1. The number of nitrogens with one attached hydrogen (secondary N) is 1. The lowest BCUT2D eigenvalue weighted by molar-refractivity contribution is 1.41. The van der Waals surface area contributed by atoms with Crippen LogP contribution in [0.3, 0.4) is 0 Å². The molecule has 0 saturated carbocycles. The van der Waals surface area contributed by atoms with Gasteiger partial charge in [-0.05, 0) is 12.1 Å². The summed E-state index contributed by atoms with van der Waals surface area (Å²) >= 11 is 1.24. The van der Waals surface area contributed by atoms with Crippen LogP contribution in [0.15, 0.2) is 29.1 Å². The van der Waals surface area contributed by atoms with Gasteiger partial charge in [-0.1, -0.05) is 51.2 Å². The standard InChI is InChI=1S/C7H5NOS.2C2H6/c9-7-8-5-3-1-2-4-6(5)10-7;2*1-2/h1-4H,(H,8,9);2*1-2H3. The molecule has 0 unspecified atom stereocenters. The number of aromatic amines is 1. The lowest BCUT2D eigenvalue weighted by Crippen LogP contribution is -1.89. The van der Waals surface area contributed by atoms with Crippen molar-refractivity contribution in [2.45, 2.75) is 27.7 Å². The molecular formula is C11H17NOS. The van der Waals surface area contributed by atoms with Gasteiger partial charge in [-0.3, -0.25) is 4.79 Å². The third-order valence-electron chi connectivity index (χ3n) is 1.33. The molecular weight excluding hydrogens is 194 g/mol. The van der Waals surface area contributed by atoms with Crippen molar-refractivity contribution in [2.75, 3.05) is 0 Å². The lowest BCUT2D eigenvalue weighted by Gasteiger charge is -1.81. The number of H-pyrrole nitrogens is 1. The van der Waals surface area contributed by atoms with Crippen molar-refractivity contribution in [3.63, 3.8) is 0 Å². The first-order chi connectivity index (χ1) is 6.86. The highest BCUT2D eigenvalue weighted by Gasteiger charge is 1.93. The van der Waals surface area contributed by atoms with Crippen LogP contribution in [-0.4, -0.2) is 4.98 Å². The first-order valence-corrected chi connectivity index (χ1v) is 5.76. The zero-order valence-electron chi connectivity index (χ0n) is 9.13. The maximum atomic E-state index is 10.8. The number of fused-ring (bicyclic) bond motifs is 1. The van der Waals surface area contributed by atoms with Gasteiger partial charge in [0.1, 0.15) is 0 Å². The van der Waals surface area contributed by atoms with E-state index < -0.39 is 0 Å². The summed E-state index contributed by atoms with van der Waals surface area (Å²) in [5, 5.41) is 0. The molecule has 3 heteroatoms. The Labute approximate surface area is 88.6 Å². The monoisotopic (exact) mass is 211 g/mol. The van der Waals surface area contributed by atoms with Gasteiger partial charge in [0.15, 0.2) is 0 Å². The molecule has 1 N–H and O–H groups in total. The van der Waals surface area contributed by atoms with E-state index in [0.717, 1.165) is 10.2 Å². The van der Waals surface area contributed by atoms with Crippen molar-refractivity contribution >= 4 is 21.6 Å². The minimum absolute atomic E-state index is 0.0150. The number of hydrogen-bond donors (Lipinski definition) is 1. The molecule has 0 bridgehead atoms. The van der Waals surface area contributed by atoms with Crippen LogP contribution in [0, 0.1) is 0 Å². The summed E-state index contributed by atoms with van der Waals surface area (Å²) in [6.45, 7) is 8.00. The molecule has 0 aliphatic heterocycles. The van der Waals surface area contributed by atoms with E-state index in [-0.39, 0.29) is 4.87 Å². The van der Waals surface area contributed by atoms with Gasteiger partial charge in [-0.2, -0.15) is 0 Å². The number of hydrogen-bond acceptors (Lipinski definition) is 2. The molecule has 1 heterocycles. The number of rotatable bonds is 0. The maximum Gasteiger partial charge on any atom is 0.305 e. The smallest absolute Gasteiger partial charge is 0.305 e. The van der Waals surface area contributed by atoms with E-state index in [1.807, 2.05) is 52.0 Å². The summed E-state index contributed by atoms with van der Waals surface area (Å²) in [5.41, 5.74) is 0.928. The summed E-state index contributed by atoms with van der Waals surface area (Å²) in [5.74, 6) is 0. The molecule has 0 saturated heterocycles. The molecule has 0 amide bonds. The van der Waals surface area contributed by atoms with Crippen LogP contribution in [0.4, 0.5) is 0 Å². The van der Waals surface area contributed by atoms with E-state index in [0.29, 0.717) is 0 Å². The van der Waals surface area contributed by atoms with Crippen molar-refractivity contribution in [2.24, 2.45) is 0 Å². The summed E-state index contributed by atoms with van der Waals surface area (Å²) in [4.78, 5) is 13.5. The number of benzene rings is 1. The Bertz CT molecular complexity index is 367. The van der Waals surface area contributed by atoms with Gasteiger partial charge in [0.2, 0.25) is 0 Å². The molecule has 0 radical (unpaired) electrons. The molecule has 1 aromatic heterocycles. The van der Waals surface area contributed by atoms with E-state index in [2.05, 4.69) is 4.98 Å². The first kappa shape index (κ1) is 12.9. The van der Waals surface area contributed by atoms with Gasteiger partial charge in [0.05, 0.1) is 10.2 Å². The van der Waals surface area contributed by atoms with Gasteiger partial charge < -0.3 is 4.98 Å². The Balaban J connectivity index is 0.000000379. The molecule has 0 aliphatic rings. The minimum Gasteiger partial charge on any atom is -0.312 e. The predicted molar refractivity (Wildman–Crippen MR) is 65.1 cm³/mol. The summed E-state index contributed by atoms with van der Waals surface area (Å²) in [6, 6.07) is 7.65. The van der Waals surface area contributed by atoms with Crippen LogP contribution < -0.4 is 4.87 Å². The molecule has 0 atom stereocenters. The van der Waals surface area contributed by atoms with E-state index >= 15 is 0 Å². The van der Waals surface area contributed by atoms with Crippen molar-refractivity contribution < 1.29 is 0 Å². The second-order valence-electron chi connectivity index (χ2n) is 2.01. The van der Waals surface area contributed by atoms with Crippen LogP contribution in [0.5, 0.6) is 0 Å². The van der Waals surface area contributed by atoms with Crippen molar-refractivity contribution in [1.29, 1.82) is 0 Å². The molecule has 2 aromatic rings. The lowest BCUT2D eigenvalue weighted by atomic mass is 10.3. The fraction of sp³-hybridized carbons (Fsp3) is 0.364. The molecule has 0 spiro atoms. The fourth-order valence-electron chi connectivity index (χ4n) is 0.894. The third kappa shape index (κ3) is 3.34. The molecule has 1 aromatic carbocycles. The van der Waals surface area contributed by atoms with E-state index in [1.54, 1.807) is 0 Å². The zero-order valence-corrected chi connectivity index (χ0v) is 9.94. The van der Waals surface area contributed by atoms with Gasteiger partial charge in [-0.15, -0.1) is 0 Å². The van der Waals surface area contributed by atoms with E-state index in [1.165, 1.54) is 11.3 Å². The predicted octanol–water partition coefficient (Wildman–Crippen LogP) is 3.64. The van der Waals surface area contributed by atoms with Crippen LogP contribution in [0.25, 0.3) is 10.2 Å². The Morgan fingerprint density at radius 3 is 2.21 bits per heavy atom. The second kappa shape index (κ2) is 7.33. The average molecular weight is 211 g/mol. The van der Waals surface area contributed by atoms with Crippen LogP contribution in [0.1, 0.15) is 27.7 Å². The largest absolute Gasteiger partial charge is 0.312 e. The van der Waals surface area contributed by atoms with E-state index in [9.17, 15) is 4.79 Å². The summed E-state index contributed by atoms with van der Waals surface area (Å²) in [6.07, 6.45) is 0. The van der Waals surface area contributed by atoms with Crippen molar-refractivity contribution in [3.8, 4) is 0 Å². The van der Waals surface area contributed by atoms with Crippen LogP contribution in [-0.2, 0) is 0 Å². The molecule has 14 heavy (non-hydrogen) atoms. The Morgan fingerprint density at radius 2 is 1.64 bits per heavy atom. The highest BCUT2D eigenvalue weighted by atomic mass is 32.1. The fourth-order valence-corrected chi connectivity index (χ4v) is 1.63. The molecule has 78 valence electrons. The average Bonchev–Trinajstić information content (AvgIpc) is 2.64. The molecule has 2 rings (SSSR count). The minimum atomic E-state index is 0.0150. The number of para-hydroxylation sites is 1. The van der Waals surface area contributed by atoms with Gasteiger partial charge >= 0.3 is 4.87 Å². The third-order valence-corrected chi connectivity index (χ3v) is 2.19. The molecule has 0 fully saturated rings. The zero-order chi connectivity index (χ0) is 11.0. The Kier molecular flexibility index (Phi) is 6.76. The topological polar surface area (TPSA) is 32.9 Å². The quantitative estimate of drug-likeness (QED) is 0.709. The second-order valence-corrected chi connectivity index (χ2v) is 3.03. The maximum absolute atomic E-state index is 10.8. The van der Waals surface area contributed by atoms with Crippen molar-refractivity contribution in [3.05, 3.63) is 33.9 Å². The first-order valence-electron chi connectivity index (χ1n) is 4.94. The van der Waals surface area contributed by atoms with Gasteiger partial charge in [-0.25, -0.2) is 0 Å². The van der Waals surface area contributed by atoms with Crippen LogP contribution in [0.2, 0.25) is 0 Å². The van der Waals surface area contributed by atoms with Gasteiger partial charge in [0, 0.05) is 0 Å². The summed E-state index contributed by atoms with van der Waals surface area (Å²) in [7, 11) is 0. The van der Waals surface area contributed by atoms with E-state index in [4.69, 9.17) is 0 Å². The molecule has 0 aliphatic carbocycles. The normalized spacial score (nSPS) is 8.29. The number of thiazole rings is 1.